The summed E-state index contributed by atoms with van der Waals surface area (Å²) in [6.45, 7) is 4.22. The van der Waals surface area contributed by atoms with Crippen molar-refractivity contribution < 1.29 is 9.53 Å². The topological polar surface area (TPSA) is 93.8 Å². The Bertz CT molecular complexity index is 1690. The van der Waals surface area contributed by atoms with Crippen LogP contribution >= 0.6 is 23.1 Å². The summed E-state index contributed by atoms with van der Waals surface area (Å²) in [6, 6.07) is 16.8. The fourth-order valence-corrected chi connectivity index (χ4v) is 6.92. The van der Waals surface area contributed by atoms with Gasteiger partial charge in [0, 0.05) is 23.7 Å². The molecule has 38 heavy (non-hydrogen) atoms. The Balaban J connectivity index is 1.38. The van der Waals surface area contributed by atoms with Gasteiger partial charge in [-0.3, -0.25) is 9.59 Å². The van der Waals surface area contributed by atoms with Crippen LogP contribution in [0.15, 0.2) is 64.5 Å². The molecule has 6 rings (SSSR count). The Kier molecular flexibility index (Phi) is 6.64. The van der Waals surface area contributed by atoms with Gasteiger partial charge in [-0.15, -0.1) is 21.5 Å². The van der Waals surface area contributed by atoms with E-state index in [1.54, 1.807) is 15.9 Å². The van der Waals surface area contributed by atoms with E-state index in [1.807, 2.05) is 65.9 Å². The fraction of sp³-hybridized carbons (Fsp3) is 0.259. The number of thioether (sulfide) groups is 1. The molecule has 5 aromatic rings. The molecule has 0 bridgehead atoms. The van der Waals surface area contributed by atoms with Crippen LogP contribution in [0.5, 0.6) is 5.75 Å². The lowest BCUT2D eigenvalue weighted by Crippen LogP contribution is -2.27. The van der Waals surface area contributed by atoms with Gasteiger partial charge in [0.1, 0.15) is 10.6 Å². The number of thiophene rings is 1. The standard InChI is InChI=1S/C27H26N6O3S2/c1-3-36-19-11-9-17(10-12-19)28-22(34)16-37-27-30-29-26-32(18-7-5-4-6-8-18)24(35)23-20-13-14-31(2)15-21(20)38-25(23)33(26)27/h4-12H,3,13-16H2,1-2H3,(H,28,34). The van der Waals surface area contributed by atoms with E-state index < -0.39 is 0 Å². The van der Waals surface area contributed by atoms with Crippen molar-refractivity contribution >= 4 is 50.7 Å². The van der Waals surface area contributed by atoms with Crippen LogP contribution in [-0.4, -0.2) is 55.9 Å². The molecule has 0 fully saturated rings. The highest BCUT2D eigenvalue weighted by atomic mass is 32.2. The second-order valence-electron chi connectivity index (χ2n) is 9.06. The number of hydrogen-bond acceptors (Lipinski definition) is 8. The molecule has 1 aliphatic rings. The van der Waals surface area contributed by atoms with Gasteiger partial charge in [0.2, 0.25) is 11.7 Å². The lowest BCUT2D eigenvalue weighted by Gasteiger charge is -2.21. The molecule has 11 heteroatoms. The summed E-state index contributed by atoms with van der Waals surface area (Å²) in [5.41, 5.74) is 2.45. The summed E-state index contributed by atoms with van der Waals surface area (Å²) in [6.07, 6.45) is 0.816. The molecular formula is C27H26N6O3S2. The molecular weight excluding hydrogens is 520 g/mol. The predicted octanol–water partition coefficient (Wildman–Crippen LogP) is 4.21. The normalized spacial score (nSPS) is 13.6. The van der Waals surface area contributed by atoms with Crippen molar-refractivity contribution in [3.8, 4) is 11.4 Å². The van der Waals surface area contributed by atoms with Crippen LogP contribution < -0.4 is 15.6 Å². The number of carbonyl (C=O) groups is 1. The molecule has 0 unspecified atom stereocenters. The first-order valence-electron chi connectivity index (χ1n) is 12.4. The summed E-state index contributed by atoms with van der Waals surface area (Å²) in [4.78, 5) is 31.0. The molecule has 1 aliphatic heterocycles. The van der Waals surface area contributed by atoms with Crippen LogP contribution in [0.4, 0.5) is 5.69 Å². The molecule has 9 nitrogen and oxygen atoms in total. The fourth-order valence-electron chi connectivity index (χ4n) is 4.71. The number of aromatic nitrogens is 4. The molecule has 0 saturated heterocycles. The molecule has 1 N–H and O–H groups in total. The zero-order chi connectivity index (χ0) is 26.2. The Morgan fingerprint density at radius 3 is 2.68 bits per heavy atom. The number of nitrogens with zero attached hydrogens (tertiary/aromatic N) is 5. The van der Waals surface area contributed by atoms with E-state index in [0.717, 1.165) is 46.7 Å². The number of anilines is 1. The smallest absolute Gasteiger partial charge is 0.268 e. The van der Waals surface area contributed by atoms with Crippen molar-refractivity contribution in [3.63, 3.8) is 0 Å². The average molecular weight is 547 g/mol. The first-order chi connectivity index (χ1) is 18.5. The SMILES string of the molecule is CCOc1ccc(NC(=O)CSc2nnc3n(-c4ccccc4)c(=O)c4c5c(sc4n23)CN(C)CC5)cc1. The van der Waals surface area contributed by atoms with E-state index in [-0.39, 0.29) is 17.2 Å². The third-order valence-electron chi connectivity index (χ3n) is 6.46. The number of amides is 1. The third-order valence-corrected chi connectivity index (χ3v) is 8.59. The second-order valence-corrected chi connectivity index (χ2v) is 11.1. The number of fused-ring (bicyclic) bond motifs is 5. The first kappa shape index (κ1) is 24.7. The summed E-state index contributed by atoms with van der Waals surface area (Å²) in [7, 11) is 2.09. The van der Waals surface area contributed by atoms with Crippen LogP contribution in [0.1, 0.15) is 17.4 Å². The summed E-state index contributed by atoms with van der Waals surface area (Å²) < 4.78 is 9.03. The van der Waals surface area contributed by atoms with Crippen molar-refractivity contribution in [3.05, 3.63) is 75.4 Å². The van der Waals surface area contributed by atoms with Crippen molar-refractivity contribution in [2.45, 2.75) is 25.0 Å². The zero-order valence-corrected chi connectivity index (χ0v) is 22.6. The van der Waals surface area contributed by atoms with E-state index in [4.69, 9.17) is 4.74 Å². The van der Waals surface area contributed by atoms with Crippen molar-refractivity contribution in [2.75, 3.05) is 31.3 Å². The highest BCUT2D eigenvalue weighted by molar-refractivity contribution is 7.99. The Morgan fingerprint density at radius 2 is 1.92 bits per heavy atom. The number of rotatable bonds is 7. The summed E-state index contributed by atoms with van der Waals surface area (Å²) in [5.74, 6) is 1.19. The minimum Gasteiger partial charge on any atom is -0.494 e. The van der Waals surface area contributed by atoms with Gasteiger partial charge in [-0.2, -0.15) is 0 Å². The van der Waals surface area contributed by atoms with Crippen molar-refractivity contribution in [2.24, 2.45) is 0 Å². The van der Waals surface area contributed by atoms with E-state index in [1.165, 1.54) is 16.6 Å². The average Bonchev–Trinajstić information content (AvgIpc) is 3.51. The highest BCUT2D eigenvalue weighted by Crippen LogP contribution is 2.35. The highest BCUT2D eigenvalue weighted by Gasteiger charge is 2.27. The van der Waals surface area contributed by atoms with Gasteiger partial charge >= 0.3 is 0 Å². The van der Waals surface area contributed by atoms with Crippen LogP contribution in [0, 0.1) is 0 Å². The molecule has 0 atom stereocenters. The molecule has 0 spiro atoms. The number of benzene rings is 2. The quantitative estimate of drug-likeness (QED) is 0.306. The predicted molar refractivity (Wildman–Crippen MR) is 151 cm³/mol. The molecule has 2 aromatic carbocycles. The van der Waals surface area contributed by atoms with Crippen LogP contribution in [0.3, 0.4) is 0 Å². The van der Waals surface area contributed by atoms with Gasteiger partial charge in [-0.25, -0.2) is 8.97 Å². The van der Waals surface area contributed by atoms with Crippen molar-refractivity contribution in [1.29, 1.82) is 0 Å². The first-order valence-corrected chi connectivity index (χ1v) is 14.2. The maximum absolute atomic E-state index is 13.9. The zero-order valence-electron chi connectivity index (χ0n) is 21.0. The Labute approximate surface area is 227 Å². The second kappa shape index (κ2) is 10.2. The van der Waals surface area contributed by atoms with Crippen LogP contribution in [-0.2, 0) is 17.8 Å². The van der Waals surface area contributed by atoms with Gasteiger partial charge in [0.15, 0.2) is 5.16 Å². The third kappa shape index (κ3) is 4.46. The lowest BCUT2D eigenvalue weighted by atomic mass is 10.1. The molecule has 0 aliphatic carbocycles. The molecule has 3 aromatic heterocycles. The maximum atomic E-state index is 13.9. The molecule has 194 valence electrons. The maximum Gasteiger partial charge on any atom is 0.268 e. The summed E-state index contributed by atoms with van der Waals surface area (Å²) >= 11 is 2.91. The number of carbonyl (C=O) groups excluding carboxylic acids is 1. The monoisotopic (exact) mass is 546 g/mol. The molecule has 1 amide bonds. The van der Waals surface area contributed by atoms with Gasteiger partial charge in [0.25, 0.3) is 5.56 Å². The van der Waals surface area contributed by atoms with E-state index >= 15 is 0 Å². The molecule has 0 saturated carbocycles. The number of hydrogen-bond donors (Lipinski definition) is 1. The van der Waals surface area contributed by atoms with Gasteiger partial charge in [0.05, 0.1) is 23.4 Å². The van der Waals surface area contributed by atoms with Gasteiger partial charge in [-0.1, -0.05) is 30.0 Å². The number of nitrogens with one attached hydrogen (secondary N) is 1. The minimum atomic E-state index is -0.157. The van der Waals surface area contributed by atoms with E-state index in [2.05, 4.69) is 27.5 Å². The number of para-hydroxylation sites is 1. The summed E-state index contributed by atoms with van der Waals surface area (Å²) in [5, 5.41) is 13.1. The Morgan fingerprint density at radius 1 is 1.13 bits per heavy atom. The van der Waals surface area contributed by atoms with Gasteiger partial charge in [-0.05, 0) is 62.4 Å². The Hall–Kier alpha value is -3.67. The van der Waals surface area contributed by atoms with E-state index in [9.17, 15) is 9.59 Å². The molecule has 0 radical (unpaired) electrons. The number of likely N-dealkylation sites (N-methyl/N-ethyl adjacent to an activating group) is 1. The van der Waals surface area contributed by atoms with Crippen LogP contribution in [0.25, 0.3) is 21.7 Å². The van der Waals surface area contributed by atoms with Crippen molar-refractivity contribution in [1.82, 2.24) is 24.1 Å². The largest absolute Gasteiger partial charge is 0.494 e. The van der Waals surface area contributed by atoms with E-state index in [0.29, 0.717) is 23.2 Å². The van der Waals surface area contributed by atoms with Gasteiger partial charge < -0.3 is 15.0 Å². The minimum absolute atomic E-state index is 0.0852. The number of ether oxygens (including phenoxy) is 1. The lowest BCUT2D eigenvalue weighted by molar-refractivity contribution is -0.113. The molecule has 4 heterocycles. The van der Waals surface area contributed by atoms with Crippen LogP contribution in [0.2, 0.25) is 0 Å².